The minimum atomic E-state index is -0.471. The molecular weight excluding hydrogens is 493 g/mol. The molecule has 0 N–H and O–H groups in total. The first-order chi connectivity index (χ1) is 18.6. The number of nitrogens with zero attached hydrogens (tertiary/aromatic N) is 1. The van der Waals surface area contributed by atoms with E-state index in [2.05, 4.69) is 12.1 Å². The van der Waals surface area contributed by atoms with Gasteiger partial charge >= 0.3 is 13.1 Å². The normalized spacial score (nSPS) is 19.8. The average Bonchev–Trinajstić information content (AvgIpc) is 3.39. The Balaban J connectivity index is 1.35. The molecule has 39 heavy (non-hydrogen) atoms. The van der Waals surface area contributed by atoms with Crippen LogP contribution in [0.4, 0.5) is 0 Å². The van der Waals surface area contributed by atoms with Gasteiger partial charge in [-0.05, 0) is 63.0 Å². The molecule has 0 bridgehead atoms. The molecule has 202 valence electrons. The summed E-state index contributed by atoms with van der Waals surface area (Å²) in [5.41, 5.74) is 2.37. The zero-order valence-electron chi connectivity index (χ0n) is 23.1. The van der Waals surface area contributed by atoms with Crippen LogP contribution in [0.5, 0.6) is 11.5 Å². The molecule has 0 aromatic heterocycles. The summed E-state index contributed by atoms with van der Waals surface area (Å²) in [6.07, 6.45) is 0.473. The van der Waals surface area contributed by atoms with E-state index in [0.29, 0.717) is 36.6 Å². The number of rotatable bonds is 7. The summed E-state index contributed by atoms with van der Waals surface area (Å²) in [6.45, 7) is 9.09. The van der Waals surface area contributed by atoms with Crippen molar-refractivity contribution in [3.8, 4) is 11.5 Å². The maximum absolute atomic E-state index is 12.9. The summed E-state index contributed by atoms with van der Waals surface area (Å²) in [7, 11) is 0.874. The summed E-state index contributed by atoms with van der Waals surface area (Å²) >= 11 is 0. The van der Waals surface area contributed by atoms with Crippen molar-refractivity contribution < 1.29 is 28.4 Å². The maximum atomic E-state index is 12.9. The highest BCUT2D eigenvalue weighted by Crippen LogP contribution is 2.37. The van der Waals surface area contributed by atoms with E-state index in [1.807, 2.05) is 81.1 Å². The van der Waals surface area contributed by atoms with Gasteiger partial charge in [0.05, 0.1) is 23.9 Å². The second-order valence-corrected chi connectivity index (χ2v) is 11.2. The largest absolute Gasteiger partial charge is 0.494 e. The van der Waals surface area contributed by atoms with E-state index < -0.39 is 24.3 Å². The molecule has 1 atom stereocenters. The van der Waals surface area contributed by atoms with Gasteiger partial charge in [-0.2, -0.15) is 0 Å². The Morgan fingerprint density at radius 2 is 1.64 bits per heavy atom. The number of ether oxygens (including phenoxy) is 2. The third kappa shape index (κ3) is 5.58. The Morgan fingerprint density at radius 3 is 2.28 bits per heavy atom. The van der Waals surface area contributed by atoms with E-state index in [0.717, 1.165) is 16.6 Å². The molecule has 0 saturated carbocycles. The number of methoxy groups -OCH3 is 1. The van der Waals surface area contributed by atoms with Gasteiger partial charge in [0, 0.05) is 31.0 Å². The van der Waals surface area contributed by atoms with Crippen molar-refractivity contribution in [3.05, 3.63) is 89.5 Å². The van der Waals surface area contributed by atoms with Crippen LogP contribution in [-0.2, 0) is 25.4 Å². The zero-order valence-corrected chi connectivity index (χ0v) is 23.1. The van der Waals surface area contributed by atoms with E-state index >= 15 is 0 Å². The smallest absolute Gasteiger partial charge is 0.465 e. The summed E-state index contributed by atoms with van der Waals surface area (Å²) in [6, 6.07) is 22.8. The summed E-state index contributed by atoms with van der Waals surface area (Å²) < 4.78 is 23.5. The SMILES string of the molecule is COC(=O)c1ccc(CN2C[C@H](c3ccccc3)CC2=O)c(Oc2ccc(B3OC(C)(C)C(C)(C)O3)cc2)c1. The lowest BCUT2D eigenvalue weighted by molar-refractivity contribution is -0.128. The minimum absolute atomic E-state index is 0.0959. The lowest BCUT2D eigenvalue weighted by Gasteiger charge is -2.32. The molecule has 2 aliphatic rings. The Morgan fingerprint density at radius 1 is 0.974 bits per heavy atom. The number of likely N-dealkylation sites (tertiary alicyclic amines) is 1. The number of amides is 1. The van der Waals surface area contributed by atoms with Crippen LogP contribution in [0.3, 0.4) is 0 Å². The van der Waals surface area contributed by atoms with Crippen LogP contribution < -0.4 is 10.2 Å². The van der Waals surface area contributed by atoms with Gasteiger partial charge in [0.1, 0.15) is 11.5 Å². The molecule has 2 saturated heterocycles. The zero-order chi connectivity index (χ0) is 27.8. The first-order valence-electron chi connectivity index (χ1n) is 13.2. The van der Waals surface area contributed by atoms with Gasteiger partial charge < -0.3 is 23.7 Å². The predicted molar refractivity (Wildman–Crippen MR) is 149 cm³/mol. The molecule has 3 aromatic rings. The lowest BCUT2D eigenvalue weighted by atomic mass is 9.79. The van der Waals surface area contributed by atoms with Crippen LogP contribution in [0, 0.1) is 0 Å². The van der Waals surface area contributed by atoms with Crippen LogP contribution >= 0.6 is 0 Å². The molecule has 0 aliphatic carbocycles. The fourth-order valence-corrected chi connectivity index (χ4v) is 4.90. The highest BCUT2D eigenvalue weighted by atomic mass is 16.7. The maximum Gasteiger partial charge on any atom is 0.494 e. The molecule has 0 radical (unpaired) electrons. The highest BCUT2D eigenvalue weighted by molar-refractivity contribution is 6.62. The van der Waals surface area contributed by atoms with Crippen LogP contribution in [0.1, 0.15) is 61.5 Å². The van der Waals surface area contributed by atoms with E-state index in [4.69, 9.17) is 18.8 Å². The van der Waals surface area contributed by atoms with Gasteiger partial charge in [0.2, 0.25) is 5.91 Å². The van der Waals surface area contributed by atoms with Crippen LogP contribution in [0.25, 0.3) is 0 Å². The van der Waals surface area contributed by atoms with E-state index in [9.17, 15) is 9.59 Å². The van der Waals surface area contributed by atoms with Crippen LogP contribution in [0.2, 0.25) is 0 Å². The van der Waals surface area contributed by atoms with Crippen molar-refractivity contribution in [2.75, 3.05) is 13.7 Å². The molecule has 1 amide bonds. The van der Waals surface area contributed by atoms with Gasteiger partial charge in [-0.1, -0.05) is 48.5 Å². The van der Waals surface area contributed by atoms with E-state index in [1.165, 1.54) is 7.11 Å². The van der Waals surface area contributed by atoms with Crippen LogP contribution in [0.15, 0.2) is 72.8 Å². The Bertz CT molecular complexity index is 1340. The topological polar surface area (TPSA) is 74.3 Å². The first kappa shape index (κ1) is 27.0. The molecule has 5 rings (SSSR count). The molecule has 2 fully saturated rings. The molecule has 3 aromatic carbocycles. The molecule has 0 unspecified atom stereocenters. The molecule has 0 spiro atoms. The molecule has 7 nitrogen and oxygen atoms in total. The fourth-order valence-electron chi connectivity index (χ4n) is 4.90. The number of benzene rings is 3. The summed E-state index contributed by atoms with van der Waals surface area (Å²) in [5, 5.41) is 0. The number of hydrogen-bond donors (Lipinski definition) is 0. The highest BCUT2D eigenvalue weighted by Gasteiger charge is 2.51. The lowest BCUT2D eigenvalue weighted by Crippen LogP contribution is -2.41. The number of carbonyl (C=O) groups is 2. The average molecular weight is 527 g/mol. The van der Waals surface area contributed by atoms with Crippen molar-refractivity contribution in [2.24, 2.45) is 0 Å². The number of hydrogen-bond acceptors (Lipinski definition) is 6. The Labute approximate surface area is 230 Å². The van der Waals surface area contributed by atoms with Crippen molar-refractivity contribution >= 4 is 24.5 Å². The molecular formula is C31H34BNO6. The fraction of sp³-hybridized carbons (Fsp3) is 0.355. The Kier molecular flexibility index (Phi) is 7.27. The van der Waals surface area contributed by atoms with Gasteiger partial charge in [-0.25, -0.2) is 4.79 Å². The van der Waals surface area contributed by atoms with Gasteiger partial charge in [-0.15, -0.1) is 0 Å². The molecule has 2 aliphatic heterocycles. The number of esters is 1. The first-order valence-corrected chi connectivity index (χ1v) is 13.2. The van der Waals surface area contributed by atoms with Crippen molar-refractivity contribution in [1.82, 2.24) is 4.90 Å². The second kappa shape index (κ2) is 10.5. The monoisotopic (exact) mass is 527 g/mol. The molecule has 2 heterocycles. The Hall–Kier alpha value is -3.62. The third-order valence-corrected chi connectivity index (χ3v) is 7.97. The predicted octanol–water partition coefficient (Wildman–Crippen LogP) is 5.08. The van der Waals surface area contributed by atoms with E-state index in [-0.39, 0.29) is 11.8 Å². The van der Waals surface area contributed by atoms with Crippen LogP contribution in [-0.4, -0.2) is 48.8 Å². The van der Waals surface area contributed by atoms with Crippen molar-refractivity contribution in [2.45, 2.75) is 57.8 Å². The second-order valence-electron chi connectivity index (χ2n) is 11.2. The van der Waals surface area contributed by atoms with Crippen molar-refractivity contribution in [1.29, 1.82) is 0 Å². The summed E-state index contributed by atoms with van der Waals surface area (Å²) in [5.74, 6) is 0.883. The standard InChI is InChI=1S/C31H34BNO6/c1-30(2)31(3,4)39-32(38-30)25-13-15-26(16-14-25)37-27-17-22(29(35)36-5)11-12-23(27)19-33-20-24(18-28(33)34)21-9-7-6-8-10-21/h6-17,24H,18-20H2,1-5H3/t24-/m1/s1. The molecule has 8 heteroatoms. The van der Waals surface area contributed by atoms with Gasteiger partial charge in [0.15, 0.2) is 0 Å². The summed E-state index contributed by atoms with van der Waals surface area (Å²) in [4.78, 5) is 27.0. The minimum Gasteiger partial charge on any atom is -0.465 e. The van der Waals surface area contributed by atoms with E-state index in [1.54, 1.807) is 12.1 Å². The third-order valence-electron chi connectivity index (χ3n) is 7.97. The number of carbonyl (C=O) groups excluding carboxylic acids is 2. The quantitative estimate of drug-likeness (QED) is 0.315. The van der Waals surface area contributed by atoms with Gasteiger partial charge in [0.25, 0.3) is 0 Å². The van der Waals surface area contributed by atoms with Crippen molar-refractivity contribution in [3.63, 3.8) is 0 Å². The van der Waals surface area contributed by atoms with Gasteiger partial charge in [-0.3, -0.25) is 4.79 Å².